The van der Waals surface area contributed by atoms with Gasteiger partial charge in [0.1, 0.15) is 17.4 Å². The standard InChI is InChI=1S/C26H28ClFN6O3/c1-3-24(36)30-23-12-19(37-2)7-9-22(23)31-25-20(27)14-29-26(33-25)32-21-8-6-17(11-16(21)13-28)34-10-4-5-18(34)15-35/h3,6-9,11-12,14,18,35H,1,4-5,10,13,15H2,2H3,(H,30,36)(H2,29,31,32,33)/t18-/m0/s1. The third kappa shape index (κ3) is 6.10. The minimum atomic E-state index is -0.690. The average molecular weight is 527 g/mol. The number of carbonyl (C=O) groups excluding carboxylic acids is 1. The number of aliphatic hydroxyl groups excluding tert-OH is 1. The van der Waals surface area contributed by atoms with Crippen LogP contribution in [0.25, 0.3) is 0 Å². The van der Waals surface area contributed by atoms with E-state index >= 15 is 0 Å². The number of hydrogen-bond donors (Lipinski definition) is 4. The van der Waals surface area contributed by atoms with E-state index in [0.29, 0.717) is 28.4 Å². The van der Waals surface area contributed by atoms with Crippen LogP contribution >= 0.6 is 11.6 Å². The Morgan fingerprint density at radius 1 is 1.27 bits per heavy atom. The van der Waals surface area contributed by atoms with Crippen molar-refractivity contribution < 1.29 is 19.0 Å². The summed E-state index contributed by atoms with van der Waals surface area (Å²) in [4.78, 5) is 22.7. The number of nitrogens with zero attached hydrogens (tertiary/aromatic N) is 3. The van der Waals surface area contributed by atoms with Crippen molar-refractivity contribution >= 4 is 52.0 Å². The molecule has 4 rings (SSSR count). The number of carbonyl (C=O) groups is 1. The van der Waals surface area contributed by atoms with Gasteiger partial charge in [-0.05, 0) is 49.2 Å². The summed E-state index contributed by atoms with van der Waals surface area (Å²) in [5, 5.41) is 18.8. The van der Waals surface area contributed by atoms with Gasteiger partial charge in [-0.1, -0.05) is 18.2 Å². The number of halogens is 2. The third-order valence-corrected chi connectivity index (χ3v) is 6.34. The number of benzene rings is 2. The Morgan fingerprint density at radius 3 is 2.81 bits per heavy atom. The van der Waals surface area contributed by atoms with Crippen molar-refractivity contribution in [3.8, 4) is 5.75 Å². The molecule has 4 N–H and O–H groups in total. The van der Waals surface area contributed by atoms with Crippen molar-refractivity contribution in [2.75, 3.05) is 41.1 Å². The SMILES string of the molecule is C=CC(=O)Nc1cc(OC)ccc1Nc1nc(Nc2ccc(N3CCC[C@H]3CO)cc2CF)ncc1Cl. The van der Waals surface area contributed by atoms with E-state index in [1.54, 1.807) is 30.3 Å². The molecule has 0 saturated carbocycles. The maximum atomic E-state index is 14.0. The third-order valence-electron chi connectivity index (χ3n) is 6.07. The summed E-state index contributed by atoms with van der Waals surface area (Å²) in [6.07, 6.45) is 4.47. The van der Waals surface area contributed by atoms with Crippen molar-refractivity contribution in [3.05, 3.63) is 65.8 Å². The Labute approximate surface area is 219 Å². The molecule has 0 aliphatic carbocycles. The first-order chi connectivity index (χ1) is 17.9. The second-order valence-corrected chi connectivity index (χ2v) is 8.80. The van der Waals surface area contributed by atoms with Crippen LogP contribution in [0.4, 0.5) is 38.9 Å². The highest BCUT2D eigenvalue weighted by atomic mass is 35.5. The number of ether oxygens (including phenoxy) is 1. The molecule has 1 aliphatic rings. The molecule has 0 radical (unpaired) electrons. The fourth-order valence-corrected chi connectivity index (χ4v) is 4.30. The summed E-state index contributed by atoms with van der Waals surface area (Å²) in [6, 6.07) is 10.5. The lowest BCUT2D eigenvalue weighted by Gasteiger charge is -2.26. The van der Waals surface area contributed by atoms with E-state index in [9.17, 15) is 14.3 Å². The van der Waals surface area contributed by atoms with Crippen LogP contribution in [0.15, 0.2) is 55.3 Å². The van der Waals surface area contributed by atoms with E-state index in [4.69, 9.17) is 16.3 Å². The number of aliphatic hydroxyl groups is 1. The van der Waals surface area contributed by atoms with Gasteiger partial charge in [-0.2, -0.15) is 4.98 Å². The maximum absolute atomic E-state index is 14.0. The first-order valence-corrected chi connectivity index (χ1v) is 12.1. The molecule has 1 amide bonds. The summed E-state index contributed by atoms with van der Waals surface area (Å²) >= 11 is 6.34. The molecular formula is C26H28ClFN6O3. The van der Waals surface area contributed by atoms with Gasteiger partial charge in [-0.25, -0.2) is 9.37 Å². The first kappa shape index (κ1) is 26.2. The minimum absolute atomic E-state index is 0.0404. The van der Waals surface area contributed by atoms with Gasteiger partial charge in [0.25, 0.3) is 0 Å². The van der Waals surface area contributed by atoms with E-state index in [2.05, 4.69) is 37.4 Å². The Hall–Kier alpha value is -3.89. The zero-order valence-corrected chi connectivity index (χ0v) is 21.1. The molecule has 2 aromatic carbocycles. The highest BCUT2D eigenvalue weighted by Crippen LogP contribution is 2.33. The van der Waals surface area contributed by atoms with E-state index in [1.807, 2.05) is 6.07 Å². The van der Waals surface area contributed by atoms with Gasteiger partial charge >= 0.3 is 0 Å². The van der Waals surface area contributed by atoms with Crippen LogP contribution in [-0.2, 0) is 11.5 Å². The summed E-state index contributed by atoms with van der Waals surface area (Å²) in [7, 11) is 1.52. The first-order valence-electron chi connectivity index (χ1n) is 11.7. The van der Waals surface area contributed by atoms with Gasteiger partial charge in [0.2, 0.25) is 11.9 Å². The summed E-state index contributed by atoms with van der Waals surface area (Å²) in [5.74, 6) is 0.630. The quantitative estimate of drug-likeness (QED) is 0.267. The van der Waals surface area contributed by atoms with Crippen LogP contribution in [-0.4, -0.2) is 47.3 Å². The Bertz CT molecular complexity index is 1290. The topological polar surface area (TPSA) is 112 Å². The molecule has 2 heterocycles. The van der Waals surface area contributed by atoms with Crippen molar-refractivity contribution in [1.29, 1.82) is 0 Å². The number of anilines is 6. The van der Waals surface area contributed by atoms with Crippen molar-refractivity contribution in [1.82, 2.24) is 9.97 Å². The number of rotatable bonds is 10. The van der Waals surface area contributed by atoms with Gasteiger partial charge in [-0.15, -0.1) is 0 Å². The Morgan fingerprint density at radius 2 is 2.08 bits per heavy atom. The fraction of sp³-hybridized carbons (Fsp3) is 0.269. The van der Waals surface area contributed by atoms with Gasteiger partial charge in [0.05, 0.1) is 37.3 Å². The minimum Gasteiger partial charge on any atom is -0.497 e. The van der Waals surface area contributed by atoms with Crippen molar-refractivity contribution in [2.45, 2.75) is 25.6 Å². The Kier molecular flexibility index (Phi) is 8.42. The molecule has 3 aromatic rings. The normalized spacial score (nSPS) is 14.8. The molecular weight excluding hydrogens is 499 g/mol. The molecule has 9 nitrogen and oxygen atoms in total. The zero-order valence-electron chi connectivity index (χ0n) is 20.3. The van der Waals surface area contributed by atoms with E-state index in [-0.39, 0.29) is 29.4 Å². The highest BCUT2D eigenvalue weighted by Gasteiger charge is 2.24. The monoisotopic (exact) mass is 526 g/mol. The average Bonchev–Trinajstić information content (AvgIpc) is 3.40. The molecule has 1 fully saturated rings. The van der Waals surface area contributed by atoms with Gasteiger partial charge in [0, 0.05) is 29.5 Å². The smallest absolute Gasteiger partial charge is 0.247 e. The van der Waals surface area contributed by atoms with Crippen LogP contribution in [0.3, 0.4) is 0 Å². The lowest BCUT2D eigenvalue weighted by atomic mass is 10.1. The predicted molar refractivity (Wildman–Crippen MR) is 144 cm³/mol. The second-order valence-electron chi connectivity index (χ2n) is 8.39. The van der Waals surface area contributed by atoms with Crippen LogP contribution in [0.1, 0.15) is 18.4 Å². The lowest BCUT2D eigenvalue weighted by molar-refractivity contribution is -0.111. The Balaban J connectivity index is 1.58. The summed E-state index contributed by atoms with van der Waals surface area (Å²) in [5.41, 5.74) is 2.77. The van der Waals surface area contributed by atoms with Gasteiger partial charge < -0.3 is 30.7 Å². The molecule has 1 aromatic heterocycles. The number of alkyl halides is 1. The van der Waals surface area contributed by atoms with Crippen LogP contribution in [0.2, 0.25) is 5.02 Å². The molecule has 194 valence electrons. The number of aromatic nitrogens is 2. The molecule has 1 aliphatic heterocycles. The zero-order chi connectivity index (χ0) is 26.4. The summed E-state index contributed by atoms with van der Waals surface area (Å²) in [6.45, 7) is 3.67. The molecule has 0 unspecified atom stereocenters. The van der Waals surface area contributed by atoms with Gasteiger partial charge in [-0.3, -0.25) is 4.79 Å². The fourth-order valence-electron chi connectivity index (χ4n) is 4.17. The second kappa shape index (κ2) is 11.9. The number of methoxy groups -OCH3 is 1. The number of hydrogen-bond acceptors (Lipinski definition) is 8. The number of nitrogens with one attached hydrogen (secondary N) is 3. The number of amides is 1. The van der Waals surface area contributed by atoms with Crippen LogP contribution in [0, 0.1) is 0 Å². The molecule has 1 atom stereocenters. The predicted octanol–water partition coefficient (Wildman–Crippen LogP) is 5.18. The molecule has 37 heavy (non-hydrogen) atoms. The molecule has 1 saturated heterocycles. The van der Waals surface area contributed by atoms with Gasteiger partial charge in [0.15, 0.2) is 5.82 Å². The lowest BCUT2D eigenvalue weighted by Crippen LogP contribution is -2.32. The maximum Gasteiger partial charge on any atom is 0.247 e. The largest absolute Gasteiger partial charge is 0.497 e. The van der Waals surface area contributed by atoms with Crippen molar-refractivity contribution in [2.24, 2.45) is 0 Å². The summed E-state index contributed by atoms with van der Waals surface area (Å²) < 4.78 is 19.2. The molecule has 0 spiro atoms. The van der Waals surface area contributed by atoms with E-state index in [0.717, 1.165) is 31.1 Å². The van der Waals surface area contributed by atoms with Crippen molar-refractivity contribution in [3.63, 3.8) is 0 Å². The highest BCUT2D eigenvalue weighted by molar-refractivity contribution is 6.33. The molecule has 11 heteroatoms. The molecule has 0 bridgehead atoms. The van der Waals surface area contributed by atoms with Crippen LogP contribution < -0.4 is 25.6 Å². The van der Waals surface area contributed by atoms with E-state index in [1.165, 1.54) is 13.3 Å². The van der Waals surface area contributed by atoms with Crippen LogP contribution in [0.5, 0.6) is 5.75 Å². The van der Waals surface area contributed by atoms with E-state index < -0.39 is 12.6 Å².